The van der Waals surface area contributed by atoms with Gasteiger partial charge in [-0.2, -0.15) is 0 Å². The van der Waals surface area contributed by atoms with Crippen LogP contribution in [0, 0.1) is 0 Å². The van der Waals surface area contributed by atoms with E-state index in [1.165, 1.54) is 36.5 Å². The average molecular weight is 292 g/mol. The van der Waals surface area contributed by atoms with Crippen LogP contribution in [0.1, 0.15) is 5.56 Å². The Morgan fingerprint density at radius 3 is 2.30 bits per heavy atom. The van der Waals surface area contributed by atoms with E-state index in [1.54, 1.807) is 12.1 Å². The van der Waals surface area contributed by atoms with Crippen molar-refractivity contribution in [2.45, 2.75) is 4.90 Å². The number of nitrogens with two attached hydrogens (primary N) is 1. The Balaban J connectivity index is 2.26. The van der Waals surface area contributed by atoms with Crippen molar-refractivity contribution in [1.29, 1.82) is 0 Å². The van der Waals surface area contributed by atoms with Crippen LogP contribution in [0.15, 0.2) is 52.4 Å². The van der Waals surface area contributed by atoms with Gasteiger partial charge in [-0.15, -0.1) is 0 Å². The number of nitrogens with zero attached hydrogens (tertiary/aromatic N) is 1. The molecule has 20 heavy (non-hydrogen) atoms. The zero-order valence-electron chi connectivity index (χ0n) is 10.3. The number of aromatic hydroxyl groups is 2. The summed E-state index contributed by atoms with van der Waals surface area (Å²) in [7, 11) is -3.72. The normalized spacial score (nSPS) is 11.8. The smallest absolute Gasteiger partial charge is 0.238 e. The first-order chi connectivity index (χ1) is 9.38. The summed E-state index contributed by atoms with van der Waals surface area (Å²) < 4.78 is 22.2. The van der Waals surface area contributed by atoms with E-state index >= 15 is 0 Å². The Morgan fingerprint density at radius 1 is 1.05 bits per heavy atom. The van der Waals surface area contributed by atoms with Gasteiger partial charge >= 0.3 is 0 Å². The van der Waals surface area contributed by atoms with Gasteiger partial charge in [0.25, 0.3) is 0 Å². The molecule has 0 atom stereocenters. The monoisotopic (exact) mass is 292 g/mol. The van der Waals surface area contributed by atoms with Gasteiger partial charge in [-0.1, -0.05) is 6.07 Å². The third kappa shape index (κ3) is 3.14. The molecule has 0 unspecified atom stereocenters. The number of aliphatic imine (C=N–C) groups is 1. The molecule has 0 aliphatic rings. The Morgan fingerprint density at radius 2 is 1.70 bits per heavy atom. The van der Waals surface area contributed by atoms with Gasteiger partial charge in [-0.25, -0.2) is 13.6 Å². The molecule has 0 saturated carbocycles. The summed E-state index contributed by atoms with van der Waals surface area (Å²) in [6.07, 6.45) is 1.36. The SMILES string of the molecule is NS(=O)(=O)c1ccc(N=Cc2cccc(O)c2O)cc1. The van der Waals surface area contributed by atoms with Crippen LogP contribution in [0.25, 0.3) is 0 Å². The van der Waals surface area contributed by atoms with Crippen LogP contribution in [0.4, 0.5) is 5.69 Å². The first-order valence-electron chi connectivity index (χ1n) is 5.56. The predicted octanol–water partition coefficient (Wildman–Crippen LogP) is 1.50. The number of phenols is 2. The molecule has 0 aliphatic carbocycles. The highest BCUT2D eigenvalue weighted by atomic mass is 32.2. The number of rotatable bonds is 3. The lowest BCUT2D eigenvalue weighted by Gasteiger charge is -2.01. The number of hydrogen-bond acceptors (Lipinski definition) is 5. The zero-order valence-corrected chi connectivity index (χ0v) is 11.1. The van der Waals surface area contributed by atoms with Crippen molar-refractivity contribution < 1.29 is 18.6 Å². The second-order valence-corrected chi connectivity index (χ2v) is 5.57. The molecule has 0 fully saturated rings. The Kier molecular flexibility index (Phi) is 3.73. The molecule has 0 radical (unpaired) electrons. The fourth-order valence-corrected chi connectivity index (χ4v) is 2.03. The highest BCUT2D eigenvalue weighted by Crippen LogP contribution is 2.27. The van der Waals surface area contributed by atoms with Crippen LogP contribution in [0.3, 0.4) is 0 Å². The highest BCUT2D eigenvalue weighted by molar-refractivity contribution is 7.89. The van der Waals surface area contributed by atoms with Crippen molar-refractivity contribution in [1.82, 2.24) is 0 Å². The van der Waals surface area contributed by atoms with Gasteiger partial charge in [-0.05, 0) is 36.4 Å². The average Bonchev–Trinajstić information content (AvgIpc) is 2.40. The molecular weight excluding hydrogens is 280 g/mol. The van der Waals surface area contributed by atoms with Crippen molar-refractivity contribution in [2.75, 3.05) is 0 Å². The zero-order chi connectivity index (χ0) is 14.8. The number of para-hydroxylation sites is 1. The van der Waals surface area contributed by atoms with E-state index in [9.17, 15) is 18.6 Å². The minimum absolute atomic E-state index is 0.00310. The summed E-state index contributed by atoms with van der Waals surface area (Å²) in [6, 6.07) is 10.1. The molecule has 4 N–H and O–H groups in total. The van der Waals surface area contributed by atoms with E-state index in [4.69, 9.17) is 5.14 Å². The highest BCUT2D eigenvalue weighted by Gasteiger charge is 2.06. The Hall–Kier alpha value is -2.38. The molecule has 6 nitrogen and oxygen atoms in total. The Bertz CT molecular complexity index is 752. The summed E-state index contributed by atoms with van der Waals surface area (Å²) in [4.78, 5) is 4.07. The van der Waals surface area contributed by atoms with Crippen LogP contribution in [-0.4, -0.2) is 24.8 Å². The number of benzene rings is 2. The minimum Gasteiger partial charge on any atom is -0.504 e. The van der Waals surface area contributed by atoms with Crippen molar-refractivity contribution in [2.24, 2.45) is 10.1 Å². The number of primary sulfonamides is 1. The lowest BCUT2D eigenvalue weighted by Crippen LogP contribution is -2.11. The number of sulfonamides is 1. The van der Waals surface area contributed by atoms with Gasteiger partial charge in [0, 0.05) is 11.8 Å². The largest absolute Gasteiger partial charge is 0.504 e. The molecule has 0 spiro atoms. The molecule has 2 rings (SSSR count). The summed E-state index contributed by atoms with van der Waals surface area (Å²) in [5.74, 6) is -0.504. The molecule has 0 aliphatic heterocycles. The molecule has 7 heteroatoms. The van der Waals surface area contributed by atoms with Crippen molar-refractivity contribution in [3.8, 4) is 11.5 Å². The summed E-state index contributed by atoms with van der Waals surface area (Å²) in [5.41, 5.74) is 0.834. The maximum atomic E-state index is 11.1. The third-order valence-corrected chi connectivity index (χ3v) is 3.49. The quantitative estimate of drug-likeness (QED) is 0.587. The van der Waals surface area contributed by atoms with Crippen molar-refractivity contribution in [3.05, 3.63) is 48.0 Å². The van der Waals surface area contributed by atoms with E-state index in [0.29, 0.717) is 11.3 Å². The van der Waals surface area contributed by atoms with Crippen molar-refractivity contribution >= 4 is 21.9 Å². The third-order valence-electron chi connectivity index (χ3n) is 2.56. The lowest BCUT2D eigenvalue weighted by atomic mass is 10.2. The Labute approximate surface area is 115 Å². The maximum Gasteiger partial charge on any atom is 0.238 e. The maximum absolute atomic E-state index is 11.1. The minimum atomic E-state index is -3.72. The van der Waals surface area contributed by atoms with E-state index in [1.807, 2.05) is 0 Å². The van der Waals surface area contributed by atoms with Gasteiger partial charge in [-0.3, -0.25) is 4.99 Å². The molecule has 0 saturated heterocycles. The molecule has 104 valence electrons. The molecule has 2 aromatic carbocycles. The van der Waals surface area contributed by atoms with E-state index in [-0.39, 0.29) is 16.4 Å². The molecule has 0 bridgehead atoms. The lowest BCUT2D eigenvalue weighted by molar-refractivity contribution is 0.403. The topological polar surface area (TPSA) is 113 Å². The first kappa shape index (κ1) is 14.0. The van der Waals surface area contributed by atoms with Crippen LogP contribution in [0.2, 0.25) is 0 Å². The number of phenolic OH excluding ortho intramolecular Hbond substituents is 2. The summed E-state index contributed by atoms with van der Waals surface area (Å²) in [6.45, 7) is 0. The van der Waals surface area contributed by atoms with E-state index < -0.39 is 10.0 Å². The van der Waals surface area contributed by atoms with Crippen LogP contribution < -0.4 is 5.14 Å². The van der Waals surface area contributed by atoms with Crippen molar-refractivity contribution in [3.63, 3.8) is 0 Å². The van der Waals surface area contributed by atoms with Crippen LogP contribution in [0.5, 0.6) is 11.5 Å². The van der Waals surface area contributed by atoms with Gasteiger partial charge in [0.1, 0.15) is 0 Å². The molecule has 0 amide bonds. The molecule has 2 aromatic rings. The van der Waals surface area contributed by atoms with Gasteiger partial charge in [0.15, 0.2) is 11.5 Å². The predicted molar refractivity (Wildman–Crippen MR) is 74.8 cm³/mol. The first-order valence-corrected chi connectivity index (χ1v) is 7.10. The van der Waals surface area contributed by atoms with Crippen LogP contribution in [-0.2, 0) is 10.0 Å². The molecule has 0 heterocycles. The van der Waals surface area contributed by atoms with Gasteiger partial charge in [0.2, 0.25) is 10.0 Å². The fraction of sp³-hybridized carbons (Fsp3) is 0. The standard InChI is InChI=1S/C13H12N2O4S/c14-20(18,19)11-6-4-10(5-7-11)15-8-9-2-1-3-12(16)13(9)17/h1-8,16-17H,(H2,14,18,19). The van der Waals surface area contributed by atoms with E-state index in [2.05, 4.69) is 4.99 Å². The van der Waals surface area contributed by atoms with Gasteiger partial charge < -0.3 is 10.2 Å². The second kappa shape index (κ2) is 5.32. The summed E-state index contributed by atoms with van der Waals surface area (Å²) in [5, 5.41) is 23.9. The van der Waals surface area contributed by atoms with E-state index in [0.717, 1.165) is 0 Å². The van der Waals surface area contributed by atoms with Crippen LogP contribution >= 0.6 is 0 Å². The fourth-order valence-electron chi connectivity index (χ4n) is 1.52. The summed E-state index contributed by atoms with van der Waals surface area (Å²) >= 11 is 0. The second-order valence-electron chi connectivity index (χ2n) is 4.01. The molecule has 0 aromatic heterocycles. The molecular formula is C13H12N2O4S. The number of hydrogen-bond donors (Lipinski definition) is 3. The van der Waals surface area contributed by atoms with Gasteiger partial charge in [0.05, 0.1) is 10.6 Å².